The van der Waals surface area contributed by atoms with Gasteiger partial charge in [0.2, 0.25) is 0 Å². The minimum atomic E-state index is -0.146. The molecule has 1 N–H and O–H groups in total. The van der Waals surface area contributed by atoms with E-state index in [1.165, 1.54) is 18.2 Å². The van der Waals surface area contributed by atoms with E-state index >= 15 is 0 Å². The number of hydrogen-bond donors (Lipinski definition) is 1. The SMILES string of the molecule is CSCCCNC(C)Cc1cccc(F)c1. The van der Waals surface area contributed by atoms with Gasteiger partial charge in [0.15, 0.2) is 0 Å². The van der Waals surface area contributed by atoms with Crippen LogP contribution < -0.4 is 5.32 Å². The maximum absolute atomic E-state index is 12.9. The molecule has 1 aromatic carbocycles. The highest BCUT2D eigenvalue weighted by atomic mass is 32.2. The summed E-state index contributed by atoms with van der Waals surface area (Å²) >= 11 is 1.87. The lowest BCUT2D eigenvalue weighted by Crippen LogP contribution is -2.29. The van der Waals surface area contributed by atoms with E-state index in [4.69, 9.17) is 0 Å². The van der Waals surface area contributed by atoms with E-state index in [2.05, 4.69) is 18.5 Å². The van der Waals surface area contributed by atoms with Crippen molar-refractivity contribution in [3.63, 3.8) is 0 Å². The van der Waals surface area contributed by atoms with E-state index in [-0.39, 0.29) is 5.82 Å². The topological polar surface area (TPSA) is 12.0 Å². The minimum Gasteiger partial charge on any atom is -0.314 e. The Labute approximate surface area is 102 Å². The first kappa shape index (κ1) is 13.5. The number of thioether (sulfide) groups is 1. The summed E-state index contributed by atoms with van der Waals surface area (Å²) in [5.74, 6) is 1.05. The Balaban J connectivity index is 2.25. The van der Waals surface area contributed by atoms with Crippen molar-refractivity contribution in [2.45, 2.75) is 25.8 Å². The molecule has 1 atom stereocenters. The van der Waals surface area contributed by atoms with Gasteiger partial charge in [-0.05, 0) is 56.0 Å². The van der Waals surface area contributed by atoms with Gasteiger partial charge in [-0.2, -0.15) is 11.8 Å². The molecule has 16 heavy (non-hydrogen) atoms. The van der Waals surface area contributed by atoms with Gasteiger partial charge in [0, 0.05) is 6.04 Å². The van der Waals surface area contributed by atoms with Crippen molar-refractivity contribution in [3.8, 4) is 0 Å². The van der Waals surface area contributed by atoms with Gasteiger partial charge in [-0.25, -0.2) is 4.39 Å². The summed E-state index contributed by atoms with van der Waals surface area (Å²) in [5.41, 5.74) is 1.06. The molecule has 0 aromatic heterocycles. The van der Waals surface area contributed by atoms with Gasteiger partial charge in [0.25, 0.3) is 0 Å². The van der Waals surface area contributed by atoms with Crippen LogP contribution in [0, 0.1) is 5.82 Å². The first-order valence-electron chi connectivity index (χ1n) is 5.69. The highest BCUT2D eigenvalue weighted by Crippen LogP contribution is 2.06. The first-order chi connectivity index (χ1) is 7.72. The van der Waals surface area contributed by atoms with Crippen molar-refractivity contribution in [1.29, 1.82) is 0 Å². The van der Waals surface area contributed by atoms with E-state index in [0.717, 1.165) is 18.5 Å². The quantitative estimate of drug-likeness (QED) is 0.736. The van der Waals surface area contributed by atoms with Crippen molar-refractivity contribution < 1.29 is 4.39 Å². The lowest BCUT2D eigenvalue weighted by Gasteiger charge is -2.13. The standard InChI is InChI=1S/C13H20FNS/c1-11(15-7-4-8-16-2)9-12-5-3-6-13(14)10-12/h3,5-6,10-11,15H,4,7-9H2,1-2H3. The maximum atomic E-state index is 12.9. The Morgan fingerprint density at radius 2 is 2.25 bits per heavy atom. The molecule has 0 spiro atoms. The van der Waals surface area contributed by atoms with Crippen molar-refractivity contribution in [2.75, 3.05) is 18.6 Å². The summed E-state index contributed by atoms with van der Waals surface area (Å²) in [6.45, 7) is 3.18. The molecule has 90 valence electrons. The number of hydrogen-bond acceptors (Lipinski definition) is 2. The molecule has 0 heterocycles. The zero-order valence-electron chi connectivity index (χ0n) is 10.0. The minimum absolute atomic E-state index is 0.146. The maximum Gasteiger partial charge on any atom is 0.123 e. The predicted molar refractivity (Wildman–Crippen MR) is 70.6 cm³/mol. The van der Waals surface area contributed by atoms with Crippen LogP contribution in [-0.4, -0.2) is 24.6 Å². The summed E-state index contributed by atoms with van der Waals surface area (Å²) in [6, 6.07) is 7.25. The van der Waals surface area contributed by atoms with Crippen LogP contribution in [0.3, 0.4) is 0 Å². The fourth-order valence-corrected chi connectivity index (χ4v) is 2.09. The molecule has 0 aliphatic rings. The third kappa shape index (κ3) is 5.52. The molecule has 0 fully saturated rings. The van der Waals surface area contributed by atoms with Gasteiger partial charge in [-0.1, -0.05) is 12.1 Å². The molecule has 0 saturated heterocycles. The smallest absolute Gasteiger partial charge is 0.123 e. The fourth-order valence-electron chi connectivity index (χ4n) is 1.65. The predicted octanol–water partition coefficient (Wildman–Crippen LogP) is 3.10. The molecule has 1 unspecified atom stereocenters. The molecule has 1 nitrogen and oxygen atoms in total. The largest absolute Gasteiger partial charge is 0.314 e. The normalized spacial score (nSPS) is 12.7. The van der Waals surface area contributed by atoms with Crippen LogP contribution in [0.1, 0.15) is 18.9 Å². The Bertz CT molecular complexity index is 304. The van der Waals surface area contributed by atoms with E-state index in [1.807, 2.05) is 17.8 Å². The van der Waals surface area contributed by atoms with Gasteiger partial charge in [0.05, 0.1) is 0 Å². The van der Waals surface area contributed by atoms with E-state index < -0.39 is 0 Å². The molecule has 0 radical (unpaired) electrons. The van der Waals surface area contributed by atoms with Crippen LogP contribution in [0.25, 0.3) is 0 Å². The zero-order valence-corrected chi connectivity index (χ0v) is 10.8. The molecule has 0 amide bonds. The molecule has 0 saturated carbocycles. The molecule has 0 aliphatic heterocycles. The number of benzene rings is 1. The molecule has 3 heteroatoms. The fraction of sp³-hybridized carbons (Fsp3) is 0.538. The van der Waals surface area contributed by atoms with Crippen molar-refractivity contribution >= 4 is 11.8 Å². The monoisotopic (exact) mass is 241 g/mol. The number of halogens is 1. The van der Waals surface area contributed by atoms with Crippen LogP contribution in [0.2, 0.25) is 0 Å². The van der Waals surface area contributed by atoms with Gasteiger partial charge in [-0.15, -0.1) is 0 Å². The lowest BCUT2D eigenvalue weighted by molar-refractivity contribution is 0.542. The molecule has 1 rings (SSSR count). The highest BCUT2D eigenvalue weighted by molar-refractivity contribution is 7.98. The lowest BCUT2D eigenvalue weighted by atomic mass is 10.1. The average molecular weight is 241 g/mol. The van der Waals surface area contributed by atoms with E-state index in [0.29, 0.717) is 6.04 Å². The summed E-state index contributed by atoms with van der Waals surface area (Å²) in [5, 5.41) is 3.45. The summed E-state index contributed by atoms with van der Waals surface area (Å²) in [4.78, 5) is 0. The third-order valence-corrected chi connectivity index (χ3v) is 3.15. The van der Waals surface area contributed by atoms with Crippen LogP contribution in [0.15, 0.2) is 24.3 Å². The van der Waals surface area contributed by atoms with E-state index in [1.54, 1.807) is 12.1 Å². The van der Waals surface area contributed by atoms with Crippen molar-refractivity contribution in [1.82, 2.24) is 5.32 Å². The van der Waals surface area contributed by atoms with Gasteiger partial charge in [0.1, 0.15) is 5.82 Å². The summed E-state index contributed by atoms with van der Waals surface area (Å²) in [6.07, 6.45) is 4.20. The van der Waals surface area contributed by atoms with Crippen molar-refractivity contribution in [2.24, 2.45) is 0 Å². The van der Waals surface area contributed by atoms with Crippen molar-refractivity contribution in [3.05, 3.63) is 35.6 Å². The molecular formula is C13H20FNS. The number of rotatable bonds is 7. The van der Waals surface area contributed by atoms with Crippen LogP contribution in [0.5, 0.6) is 0 Å². The third-order valence-electron chi connectivity index (χ3n) is 2.45. The first-order valence-corrected chi connectivity index (χ1v) is 7.08. The Hall–Kier alpha value is -0.540. The molecule has 1 aromatic rings. The summed E-state index contributed by atoms with van der Waals surface area (Å²) < 4.78 is 12.9. The van der Waals surface area contributed by atoms with Gasteiger partial charge in [-0.3, -0.25) is 0 Å². The Morgan fingerprint density at radius 3 is 2.94 bits per heavy atom. The van der Waals surface area contributed by atoms with E-state index in [9.17, 15) is 4.39 Å². The Morgan fingerprint density at radius 1 is 1.44 bits per heavy atom. The van der Waals surface area contributed by atoms with Gasteiger partial charge < -0.3 is 5.32 Å². The average Bonchev–Trinajstić information content (AvgIpc) is 2.24. The van der Waals surface area contributed by atoms with Gasteiger partial charge >= 0.3 is 0 Å². The second kappa shape index (κ2) is 7.69. The number of nitrogens with one attached hydrogen (secondary N) is 1. The van der Waals surface area contributed by atoms with Crippen LogP contribution >= 0.6 is 11.8 Å². The summed E-state index contributed by atoms with van der Waals surface area (Å²) in [7, 11) is 0. The highest BCUT2D eigenvalue weighted by Gasteiger charge is 2.03. The van der Waals surface area contributed by atoms with Crippen LogP contribution in [-0.2, 0) is 6.42 Å². The van der Waals surface area contributed by atoms with Crippen LogP contribution in [0.4, 0.5) is 4.39 Å². The Kier molecular flexibility index (Phi) is 6.50. The second-order valence-corrected chi connectivity index (χ2v) is 5.02. The zero-order chi connectivity index (χ0) is 11.8. The second-order valence-electron chi connectivity index (χ2n) is 4.04. The molecular weight excluding hydrogens is 221 g/mol. The molecule has 0 aliphatic carbocycles. The molecule has 0 bridgehead atoms.